The second-order valence-corrected chi connectivity index (χ2v) is 7.84. The van der Waals surface area contributed by atoms with E-state index in [4.69, 9.17) is 0 Å². The lowest BCUT2D eigenvalue weighted by atomic mass is 9.92. The van der Waals surface area contributed by atoms with E-state index in [0.717, 1.165) is 55.4 Å². The quantitative estimate of drug-likeness (QED) is 0.715. The fourth-order valence-electron chi connectivity index (χ4n) is 4.20. The lowest BCUT2D eigenvalue weighted by molar-refractivity contribution is 0.0934. The molecule has 0 aliphatic heterocycles. The van der Waals surface area contributed by atoms with Crippen LogP contribution < -0.4 is 5.32 Å². The van der Waals surface area contributed by atoms with Crippen molar-refractivity contribution in [3.8, 4) is 0 Å². The molecule has 1 aliphatic rings. The molecule has 28 heavy (non-hydrogen) atoms. The molecular weight excluding hydrogens is 350 g/mol. The van der Waals surface area contributed by atoms with Crippen molar-refractivity contribution >= 4 is 16.8 Å². The third-order valence-electron chi connectivity index (χ3n) is 5.69. The van der Waals surface area contributed by atoms with Gasteiger partial charge in [-0.3, -0.25) is 9.48 Å². The van der Waals surface area contributed by atoms with Crippen molar-refractivity contribution in [2.75, 3.05) is 20.6 Å². The number of aryl methyl sites for hydroxylation is 1. The van der Waals surface area contributed by atoms with Crippen LogP contribution in [0.2, 0.25) is 0 Å². The maximum atomic E-state index is 13.2. The molecule has 1 N–H and O–H groups in total. The number of hydrogen-bond donors (Lipinski definition) is 1. The van der Waals surface area contributed by atoms with Crippen LogP contribution in [0.1, 0.15) is 47.4 Å². The van der Waals surface area contributed by atoms with E-state index < -0.39 is 0 Å². The largest absolute Gasteiger partial charge is 0.345 e. The number of fused-ring (bicyclic) bond motifs is 2. The highest BCUT2D eigenvalue weighted by atomic mass is 16.1. The van der Waals surface area contributed by atoms with Gasteiger partial charge in [-0.05, 0) is 46.3 Å². The number of nitrogens with one attached hydrogen (secondary N) is 1. The topological polar surface area (TPSA) is 55.1 Å². The van der Waals surface area contributed by atoms with Gasteiger partial charge in [0.25, 0.3) is 5.91 Å². The van der Waals surface area contributed by atoms with Gasteiger partial charge < -0.3 is 14.8 Å². The molecule has 3 aromatic rings. The Hall–Kier alpha value is -2.60. The van der Waals surface area contributed by atoms with Crippen molar-refractivity contribution in [3.05, 3.63) is 53.5 Å². The molecule has 2 heterocycles. The Morgan fingerprint density at radius 3 is 2.93 bits per heavy atom. The molecule has 6 heteroatoms. The lowest BCUT2D eigenvalue weighted by Gasteiger charge is -2.24. The minimum atomic E-state index is 0.00176. The van der Waals surface area contributed by atoms with Gasteiger partial charge in [0.1, 0.15) is 0 Å². The predicted molar refractivity (Wildman–Crippen MR) is 112 cm³/mol. The van der Waals surface area contributed by atoms with E-state index in [1.165, 1.54) is 11.3 Å². The monoisotopic (exact) mass is 379 g/mol. The minimum absolute atomic E-state index is 0.00176. The molecule has 1 amide bonds. The molecule has 0 spiro atoms. The summed E-state index contributed by atoms with van der Waals surface area (Å²) >= 11 is 0. The molecule has 2 aromatic heterocycles. The van der Waals surface area contributed by atoms with Crippen LogP contribution in [0.5, 0.6) is 0 Å². The molecule has 1 atom stereocenters. The lowest BCUT2D eigenvalue weighted by Crippen LogP contribution is -2.31. The van der Waals surface area contributed by atoms with Gasteiger partial charge in [-0.15, -0.1) is 0 Å². The van der Waals surface area contributed by atoms with Crippen molar-refractivity contribution in [1.29, 1.82) is 0 Å². The SMILES string of the molecule is CCn1ncc2c1CCCC2NC(=O)c1cn(CCN(C)C)c2ccccc12. The molecular formula is C22H29N5O. The first-order valence-corrected chi connectivity index (χ1v) is 10.2. The zero-order chi connectivity index (χ0) is 19.7. The van der Waals surface area contributed by atoms with Gasteiger partial charge in [0.05, 0.1) is 17.8 Å². The number of rotatable bonds is 6. The van der Waals surface area contributed by atoms with Crippen molar-refractivity contribution in [2.45, 2.75) is 45.3 Å². The maximum Gasteiger partial charge on any atom is 0.253 e. The Balaban J connectivity index is 1.61. The third-order valence-corrected chi connectivity index (χ3v) is 5.69. The minimum Gasteiger partial charge on any atom is -0.345 e. The zero-order valence-corrected chi connectivity index (χ0v) is 17.0. The Labute approximate surface area is 166 Å². The summed E-state index contributed by atoms with van der Waals surface area (Å²) in [4.78, 5) is 15.4. The van der Waals surface area contributed by atoms with Crippen molar-refractivity contribution in [1.82, 2.24) is 24.6 Å². The highest BCUT2D eigenvalue weighted by molar-refractivity contribution is 6.07. The van der Waals surface area contributed by atoms with Crippen LogP contribution in [-0.2, 0) is 19.5 Å². The number of carbonyl (C=O) groups excluding carboxylic acids is 1. The standard InChI is InChI=1S/C22H29N5O/c1-4-27-21-11-7-9-19(17(21)14-23-27)24-22(28)18-15-26(13-12-25(2)3)20-10-6-5-8-16(18)20/h5-6,8,10,14-15,19H,4,7,9,11-13H2,1-3H3,(H,24,28). The molecule has 1 unspecified atom stereocenters. The molecule has 0 saturated heterocycles. The highest BCUT2D eigenvalue weighted by Crippen LogP contribution is 2.30. The first-order chi connectivity index (χ1) is 13.6. The van der Waals surface area contributed by atoms with Crippen LogP contribution in [0.25, 0.3) is 10.9 Å². The fraction of sp³-hybridized carbons (Fsp3) is 0.455. The van der Waals surface area contributed by atoms with Gasteiger partial charge in [0, 0.05) is 48.0 Å². The Bertz CT molecular complexity index is 984. The van der Waals surface area contributed by atoms with Gasteiger partial charge in [-0.25, -0.2) is 0 Å². The molecule has 0 bridgehead atoms. The molecule has 1 aromatic carbocycles. The van der Waals surface area contributed by atoms with Gasteiger partial charge in [-0.2, -0.15) is 5.10 Å². The summed E-state index contributed by atoms with van der Waals surface area (Å²) in [6.07, 6.45) is 7.02. The van der Waals surface area contributed by atoms with Gasteiger partial charge in [-0.1, -0.05) is 18.2 Å². The third kappa shape index (κ3) is 3.44. The molecule has 6 nitrogen and oxygen atoms in total. The second kappa shape index (κ2) is 7.80. The van der Waals surface area contributed by atoms with E-state index >= 15 is 0 Å². The van der Waals surface area contributed by atoms with Crippen molar-refractivity contribution in [2.24, 2.45) is 0 Å². The van der Waals surface area contributed by atoms with Crippen LogP contribution >= 0.6 is 0 Å². The predicted octanol–water partition coefficient (Wildman–Crippen LogP) is 3.23. The van der Waals surface area contributed by atoms with E-state index in [-0.39, 0.29) is 11.9 Å². The van der Waals surface area contributed by atoms with Gasteiger partial charge in [0.2, 0.25) is 0 Å². The number of para-hydroxylation sites is 1. The van der Waals surface area contributed by atoms with E-state index in [0.29, 0.717) is 0 Å². The summed E-state index contributed by atoms with van der Waals surface area (Å²) in [5.41, 5.74) is 4.31. The summed E-state index contributed by atoms with van der Waals surface area (Å²) in [6, 6.07) is 8.20. The van der Waals surface area contributed by atoms with E-state index in [2.05, 4.69) is 51.6 Å². The average Bonchev–Trinajstić information content (AvgIpc) is 3.28. The Kier molecular flexibility index (Phi) is 5.22. The number of benzene rings is 1. The molecule has 1 aliphatic carbocycles. The number of carbonyl (C=O) groups is 1. The van der Waals surface area contributed by atoms with E-state index in [9.17, 15) is 4.79 Å². The number of nitrogens with zero attached hydrogens (tertiary/aromatic N) is 4. The van der Waals surface area contributed by atoms with Crippen LogP contribution in [0, 0.1) is 0 Å². The molecule has 4 rings (SSSR count). The summed E-state index contributed by atoms with van der Waals surface area (Å²) < 4.78 is 4.24. The Morgan fingerprint density at radius 1 is 1.32 bits per heavy atom. The summed E-state index contributed by atoms with van der Waals surface area (Å²) in [5.74, 6) is 0.00176. The highest BCUT2D eigenvalue weighted by Gasteiger charge is 2.26. The first-order valence-electron chi connectivity index (χ1n) is 10.2. The number of hydrogen-bond acceptors (Lipinski definition) is 3. The summed E-state index contributed by atoms with van der Waals surface area (Å²) in [5, 5.41) is 8.79. The summed E-state index contributed by atoms with van der Waals surface area (Å²) in [6.45, 7) is 4.77. The van der Waals surface area contributed by atoms with Crippen molar-refractivity contribution < 1.29 is 4.79 Å². The first kappa shape index (κ1) is 18.7. The molecule has 0 fully saturated rings. The fourth-order valence-corrected chi connectivity index (χ4v) is 4.20. The van der Waals surface area contributed by atoms with Crippen LogP contribution in [-0.4, -0.2) is 45.8 Å². The average molecular weight is 380 g/mol. The van der Waals surface area contributed by atoms with E-state index in [1.54, 1.807) is 0 Å². The zero-order valence-electron chi connectivity index (χ0n) is 17.0. The number of amides is 1. The molecule has 148 valence electrons. The van der Waals surface area contributed by atoms with Gasteiger partial charge >= 0.3 is 0 Å². The Morgan fingerprint density at radius 2 is 2.14 bits per heavy atom. The molecule has 0 saturated carbocycles. The maximum absolute atomic E-state index is 13.2. The summed E-state index contributed by atoms with van der Waals surface area (Å²) in [7, 11) is 4.13. The van der Waals surface area contributed by atoms with Crippen LogP contribution in [0.3, 0.4) is 0 Å². The number of aromatic nitrogens is 3. The van der Waals surface area contributed by atoms with Crippen LogP contribution in [0.4, 0.5) is 0 Å². The number of likely N-dealkylation sites (N-methyl/N-ethyl adjacent to an activating group) is 1. The smallest absolute Gasteiger partial charge is 0.253 e. The molecule has 0 radical (unpaired) electrons. The van der Waals surface area contributed by atoms with Crippen LogP contribution in [0.15, 0.2) is 36.7 Å². The second-order valence-electron chi connectivity index (χ2n) is 7.84. The van der Waals surface area contributed by atoms with Gasteiger partial charge in [0.15, 0.2) is 0 Å². The van der Waals surface area contributed by atoms with Crippen molar-refractivity contribution in [3.63, 3.8) is 0 Å². The van der Waals surface area contributed by atoms with E-state index in [1.807, 2.05) is 30.6 Å². The normalized spacial score (nSPS) is 16.5.